The maximum absolute atomic E-state index is 12.9. The topological polar surface area (TPSA) is 80.3 Å². The van der Waals surface area contributed by atoms with Crippen LogP contribution < -0.4 is 5.32 Å². The van der Waals surface area contributed by atoms with Crippen LogP contribution in [0.15, 0.2) is 24.3 Å². The molecule has 0 bridgehead atoms. The number of ether oxygens (including phenoxy) is 1. The fourth-order valence-corrected chi connectivity index (χ4v) is 4.45. The second-order valence-electron chi connectivity index (χ2n) is 6.91. The highest BCUT2D eigenvalue weighted by atomic mass is 16.5. The van der Waals surface area contributed by atoms with Gasteiger partial charge >= 0.3 is 5.97 Å². The SMILES string of the molecule is CCN1C(=O)[C@@H]2[C@H](c3ccc(C)cc3)[NH2+][C@@](CC)(C(=O)OC)[C@H]2C1=O. The number of rotatable bonds is 4. The molecule has 0 saturated carbocycles. The van der Waals surface area contributed by atoms with E-state index in [-0.39, 0.29) is 17.9 Å². The highest BCUT2D eigenvalue weighted by molar-refractivity contribution is 6.08. The molecule has 6 nitrogen and oxygen atoms in total. The zero-order valence-corrected chi connectivity index (χ0v) is 15.1. The minimum Gasteiger partial charge on any atom is -0.464 e. The van der Waals surface area contributed by atoms with Gasteiger partial charge in [0.2, 0.25) is 17.4 Å². The van der Waals surface area contributed by atoms with E-state index in [9.17, 15) is 14.4 Å². The lowest BCUT2D eigenvalue weighted by molar-refractivity contribution is -0.734. The summed E-state index contributed by atoms with van der Waals surface area (Å²) < 4.78 is 5.04. The Morgan fingerprint density at radius 3 is 2.36 bits per heavy atom. The van der Waals surface area contributed by atoms with Gasteiger partial charge in [-0.15, -0.1) is 0 Å². The van der Waals surface area contributed by atoms with Crippen molar-refractivity contribution < 1.29 is 24.4 Å². The molecule has 1 aromatic rings. The molecule has 4 atom stereocenters. The third kappa shape index (κ3) is 2.39. The molecule has 134 valence electrons. The average Bonchev–Trinajstić information content (AvgIpc) is 3.10. The molecule has 2 aliphatic heterocycles. The Labute approximate surface area is 147 Å². The molecule has 25 heavy (non-hydrogen) atoms. The number of nitrogens with zero attached hydrogens (tertiary/aromatic N) is 1. The summed E-state index contributed by atoms with van der Waals surface area (Å²) >= 11 is 0. The monoisotopic (exact) mass is 345 g/mol. The van der Waals surface area contributed by atoms with Crippen LogP contribution in [0, 0.1) is 18.8 Å². The summed E-state index contributed by atoms with van der Waals surface area (Å²) in [4.78, 5) is 39.8. The molecule has 6 heteroatoms. The first-order valence-corrected chi connectivity index (χ1v) is 8.77. The number of carbonyl (C=O) groups excluding carboxylic acids is 3. The van der Waals surface area contributed by atoms with E-state index in [1.807, 2.05) is 43.4 Å². The van der Waals surface area contributed by atoms with Crippen LogP contribution in [0.2, 0.25) is 0 Å². The summed E-state index contributed by atoms with van der Waals surface area (Å²) in [5.41, 5.74) is 1.03. The Kier molecular flexibility index (Phi) is 4.41. The lowest BCUT2D eigenvalue weighted by Crippen LogP contribution is -2.98. The zero-order valence-electron chi connectivity index (χ0n) is 15.1. The maximum Gasteiger partial charge on any atom is 0.368 e. The van der Waals surface area contributed by atoms with Gasteiger partial charge in [-0.05, 0) is 13.8 Å². The van der Waals surface area contributed by atoms with Crippen LogP contribution in [-0.4, -0.2) is 41.9 Å². The normalized spacial score (nSPS) is 31.4. The number of quaternary nitrogens is 1. The Hall–Kier alpha value is -2.21. The van der Waals surface area contributed by atoms with Crippen LogP contribution in [0.25, 0.3) is 0 Å². The van der Waals surface area contributed by atoms with Gasteiger partial charge in [0, 0.05) is 18.5 Å². The fraction of sp³-hybridized carbons (Fsp3) is 0.526. The van der Waals surface area contributed by atoms with E-state index in [0.29, 0.717) is 13.0 Å². The second-order valence-corrected chi connectivity index (χ2v) is 6.91. The molecule has 0 unspecified atom stereocenters. The number of likely N-dealkylation sites (tertiary alicyclic amines) is 1. The van der Waals surface area contributed by atoms with Crippen molar-refractivity contribution in [3.8, 4) is 0 Å². The number of imide groups is 1. The van der Waals surface area contributed by atoms with Crippen molar-refractivity contribution >= 4 is 17.8 Å². The molecule has 2 fully saturated rings. The number of benzene rings is 1. The first-order valence-electron chi connectivity index (χ1n) is 8.77. The Morgan fingerprint density at radius 1 is 1.20 bits per heavy atom. The molecule has 1 aromatic carbocycles. The van der Waals surface area contributed by atoms with Gasteiger partial charge in [-0.3, -0.25) is 14.5 Å². The number of hydrogen-bond acceptors (Lipinski definition) is 4. The summed E-state index contributed by atoms with van der Waals surface area (Å²) in [7, 11) is 1.33. The Balaban J connectivity index is 2.13. The van der Waals surface area contributed by atoms with Gasteiger partial charge in [-0.25, -0.2) is 4.79 Å². The van der Waals surface area contributed by atoms with Crippen molar-refractivity contribution in [2.45, 2.75) is 38.8 Å². The molecule has 0 aliphatic carbocycles. The molecule has 2 aliphatic rings. The van der Waals surface area contributed by atoms with Crippen LogP contribution >= 0.6 is 0 Å². The summed E-state index contributed by atoms with van der Waals surface area (Å²) in [6.07, 6.45) is 0.430. The molecule has 2 heterocycles. The van der Waals surface area contributed by atoms with Crippen LogP contribution in [0.1, 0.15) is 37.4 Å². The van der Waals surface area contributed by atoms with Gasteiger partial charge in [-0.2, -0.15) is 0 Å². The lowest BCUT2D eigenvalue weighted by atomic mass is 9.78. The van der Waals surface area contributed by atoms with E-state index in [4.69, 9.17) is 4.74 Å². The van der Waals surface area contributed by atoms with Gasteiger partial charge < -0.3 is 10.1 Å². The highest BCUT2D eigenvalue weighted by Gasteiger charge is 2.71. The summed E-state index contributed by atoms with van der Waals surface area (Å²) in [6.45, 7) is 5.98. The molecule has 0 radical (unpaired) electrons. The third-order valence-corrected chi connectivity index (χ3v) is 5.79. The molecule has 3 rings (SSSR count). The molecule has 2 saturated heterocycles. The molecular formula is C19H25N2O4+. The lowest BCUT2D eigenvalue weighted by Gasteiger charge is -2.28. The van der Waals surface area contributed by atoms with E-state index >= 15 is 0 Å². The quantitative estimate of drug-likeness (QED) is 0.639. The predicted octanol–water partition coefficient (Wildman–Crippen LogP) is 0.556. The Morgan fingerprint density at radius 2 is 1.84 bits per heavy atom. The minimum absolute atomic E-state index is 0.182. The van der Waals surface area contributed by atoms with Gasteiger partial charge in [0.05, 0.1) is 7.11 Å². The third-order valence-electron chi connectivity index (χ3n) is 5.79. The van der Waals surface area contributed by atoms with Gasteiger partial charge in [0.15, 0.2) is 0 Å². The zero-order chi connectivity index (χ0) is 18.4. The summed E-state index contributed by atoms with van der Waals surface area (Å²) in [5.74, 6) is -2.08. The maximum atomic E-state index is 12.9. The van der Waals surface area contributed by atoms with Crippen LogP contribution in [-0.2, 0) is 19.1 Å². The summed E-state index contributed by atoms with van der Waals surface area (Å²) in [6, 6.07) is 7.66. The van der Waals surface area contributed by atoms with Crippen molar-refractivity contribution in [3.05, 3.63) is 35.4 Å². The van der Waals surface area contributed by atoms with Crippen molar-refractivity contribution in [2.75, 3.05) is 13.7 Å². The number of hydrogen-bond donors (Lipinski definition) is 1. The van der Waals surface area contributed by atoms with Gasteiger partial charge in [-0.1, -0.05) is 36.8 Å². The molecular weight excluding hydrogens is 320 g/mol. The van der Waals surface area contributed by atoms with Gasteiger partial charge in [0.25, 0.3) is 0 Å². The number of esters is 1. The molecule has 2 N–H and O–H groups in total. The Bertz CT molecular complexity index is 715. The van der Waals surface area contributed by atoms with Crippen molar-refractivity contribution in [1.29, 1.82) is 0 Å². The van der Waals surface area contributed by atoms with Crippen LogP contribution in [0.4, 0.5) is 0 Å². The second kappa shape index (κ2) is 6.26. The molecule has 2 amide bonds. The van der Waals surface area contributed by atoms with Crippen molar-refractivity contribution in [2.24, 2.45) is 11.8 Å². The number of methoxy groups -OCH3 is 1. The standard InChI is InChI=1S/C19H24N2O4/c1-5-19(18(24)25-4)14-13(16(22)21(6-2)17(14)23)15(20-19)12-9-7-11(3)8-10-12/h7-10,13-15,20H,5-6H2,1-4H3/p+1/t13-,14+,15-,19+/m0/s1. The van der Waals surface area contributed by atoms with E-state index in [2.05, 4.69) is 0 Å². The smallest absolute Gasteiger partial charge is 0.368 e. The van der Waals surface area contributed by atoms with E-state index in [0.717, 1.165) is 11.1 Å². The van der Waals surface area contributed by atoms with Crippen LogP contribution in [0.3, 0.4) is 0 Å². The number of aryl methyl sites for hydroxylation is 1. The average molecular weight is 345 g/mol. The predicted molar refractivity (Wildman–Crippen MR) is 90.3 cm³/mol. The number of carbonyl (C=O) groups is 3. The molecule has 0 aromatic heterocycles. The van der Waals surface area contributed by atoms with E-state index < -0.39 is 23.3 Å². The highest BCUT2D eigenvalue weighted by Crippen LogP contribution is 2.45. The van der Waals surface area contributed by atoms with Crippen molar-refractivity contribution in [1.82, 2.24) is 4.90 Å². The van der Waals surface area contributed by atoms with Crippen LogP contribution in [0.5, 0.6) is 0 Å². The number of fused-ring (bicyclic) bond motifs is 1. The van der Waals surface area contributed by atoms with Crippen molar-refractivity contribution in [3.63, 3.8) is 0 Å². The number of nitrogens with two attached hydrogens (primary N) is 1. The largest absolute Gasteiger partial charge is 0.464 e. The first-order chi connectivity index (χ1) is 11.9. The summed E-state index contributed by atoms with van der Waals surface area (Å²) in [5, 5.41) is 1.89. The fourth-order valence-electron chi connectivity index (χ4n) is 4.45. The van der Waals surface area contributed by atoms with E-state index in [1.54, 1.807) is 6.92 Å². The minimum atomic E-state index is -1.05. The van der Waals surface area contributed by atoms with Gasteiger partial charge in [0.1, 0.15) is 17.9 Å². The molecule has 0 spiro atoms. The first kappa shape index (κ1) is 17.6. The van der Waals surface area contributed by atoms with E-state index in [1.165, 1.54) is 12.0 Å². The number of amides is 2.